The zero-order valence-electron chi connectivity index (χ0n) is 9.99. The first-order valence-electron chi connectivity index (χ1n) is 5.84. The van der Waals surface area contributed by atoms with E-state index in [1.54, 1.807) is 4.90 Å². The first-order chi connectivity index (χ1) is 8.19. The number of amides is 1. The Morgan fingerprint density at radius 2 is 2.18 bits per heavy atom. The Morgan fingerprint density at radius 3 is 2.71 bits per heavy atom. The van der Waals surface area contributed by atoms with Gasteiger partial charge in [0.1, 0.15) is 0 Å². The van der Waals surface area contributed by atoms with Gasteiger partial charge in [0.2, 0.25) is 0 Å². The second kappa shape index (κ2) is 7.84. The van der Waals surface area contributed by atoms with Gasteiger partial charge in [-0.15, -0.1) is 11.3 Å². The van der Waals surface area contributed by atoms with Gasteiger partial charge in [-0.05, 0) is 34.5 Å². The Morgan fingerprint density at radius 1 is 1.41 bits per heavy atom. The molecule has 17 heavy (non-hydrogen) atoms. The molecule has 0 saturated heterocycles. The van der Waals surface area contributed by atoms with Gasteiger partial charge in [-0.2, -0.15) is 0 Å². The van der Waals surface area contributed by atoms with E-state index in [1.807, 2.05) is 12.1 Å². The highest BCUT2D eigenvalue weighted by molar-refractivity contribution is 9.11. The van der Waals surface area contributed by atoms with Crippen LogP contribution in [0.4, 0.5) is 0 Å². The molecule has 1 heterocycles. The summed E-state index contributed by atoms with van der Waals surface area (Å²) in [5.74, 6) is 0.0193. The lowest BCUT2D eigenvalue weighted by atomic mass is 10.2. The summed E-state index contributed by atoms with van der Waals surface area (Å²) < 4.78 is 0.957. The zero-order valence-corrected chi connectivity index (χ0v) is 12.4. The van der Waals surface area contributed by atoms with E-state index in [2.05, 4.69) is 22.9 Å². The molecule has 5 heteroatoms. The van der Waals surface area contributed by atoms with Crippen molar-refractivity contribution in [2.24, 2.45) is 0 Å². The minimum Gasteiger partial charge on any atom is -0.395 e. The van der Waals surface area contributed by atoms with E-state index in [4.69, 9.17) is 5.11 Å². The fourth-order valence-electron chi connectivity index (χ4n) is 1.57. The molecule has 0 unspecified atom stereocenters. The molecule has 0 radical (unpaired) electrons. The van der Waals surface area contributed by atoms with Gasteiger partial charge in [0.25, 0.3) is 5.91 Å². The van der Waals surface area contributed by atoms with Crippen LogP contribution in [0.1, 0.15) is 35.9 Å². The highest BCUT2D eigenvalue weighted by Gasteiger charge is 2.16. The summed E-state index contributed by atoms with van der Waals surface area (Å²) in [6, 6.07) is 3.70. The van der Waals surface area contributed by atoms with Crippen LogP contribution in [0.3, 0.4) is 0 Å². The maximum absolute atomic E-state index is 12.1. The van der Waals surface area contributed by atoms with Crippen LogP contribution in [0.5, 0.6) is 0 Å². The van der Waals surface area contributed by atoms with E-state index < -0.39 is 0 Å². The zero-order chi connectivity index (χ0) is 12.7. The van der Waals surface area contributed by atoms with Gasteiger partial charge in [-0.1, -0.05) is 19.8 Å². The number of aliphatic hydroxyl groups is 1. The number of hydrogen-bond acceptors (Lipinski definition) is 3. The monoisotopic (exact) mass is 319 g/mol. The molecule has 1 aromatic rings. The second-order valence-electron chi connectivity index (χ2n) is 3.83. The Hall–Kier alpha value is -0.390. The van der Waals surface area contributed by atoms with Gasteiger partial charge < -0.3 is 10.0 Å². The van der Waals surface area contributed by atoms with Gasteiger partial charge in [-0.3, -0.25) is 4.79 Å². The number of thiophene rings is 1. The van der Waals surface area contributed by atoms with Crippen molar-refractivity contribution in [1.29, 1.82) is 0 Å². The van der Waals surface area contributed by atoms with Gasteiger partial charge in [0.15, 0.2) is 0 Å². The fourth-order valence-corrected chi connectivity index (χ4v) is 2.93. The number of rotatable bonds is 7. The number of nitrogens with zero attached hydrogens (tertiary/aromatic N) is 1. The number of halogens is 1. The van der Waals surface area contributed by atoms with Crippen LogP contribution in [0, 0.1) is 0 Å². The summed E-state index contributed by atoms with van der Waals surface area (Å²) in [7, 11) is 0. The lowest BCUT2D eigenvalue weighted by Gasteiger charge is -2.20. The van der Waals surface area contributed by atoms with Crippen molar-refractivity contribution in [3.63, 3.8) is 0 Å². The van der Waals surface area contributed by atoms with Crippen molar-refractivity contribution in [3.8, 4) is 0 Å². The molecule has 1 amide bonds. The van der Waals surface area contributed by atoms with Crippen molar-refractivity contribution < 1.29 is 9.90 Å². The predicted molar refractivity (Wildman–Crippen MR) is 74.5 cm³/mol. The van der Waals surface area contributed by atoms with Gasteiger partial charge in [0, 0.05) is 13.1 Å². The van der Waals surface area contributed by atoms with E-state index in [-0.39, 0.29) is 12.5 Å². The van der Waals surface area contributed by atoms with Crippen LogP contribution in [0.2, 0.25) is 0 Å². The van der Waals surface area contributed by atoms with Crippen molar-refractivity contribution in [2.45, 2.75) is 26.2 Å². The second-order valence-corrected chi connectivity index (χ2v) is 6.29. The number of hydrogen-bond donors (Lipinski definition) is 1. The summed E-state index contributed by atoms with van der Waals surface area (Å²) in [6.07, 6.45) is 3.24. The molecule has 0 atom stereocenters. The molecular formula is C12H18BrNO2S. The molecule has 0 aromatic carbocycles. The van der Waals surface area contributed by atoms with Crippen molar-refractivity contribution >= 4 is 33.2 Å². The SMILES string of the molecule is CCCCCN(CCO)C(=O)c1ccc(Br)s1. The van der Waals surface area contributed by atoms with Crippen LogP contribution >= 0.6 is 27.3 Å². The van der Waals surface area contributed by atoms with Gasteiger partial charge >= 0.3 is 0 Å². The number of carbonyl (C=O) groups excluding carboxylic acids is 1. The highest BCUT2D eigenvalue weighted by atomic mass is 79.9. The Labute approximate surface area is 115 Å². The Kier molecular flexibility index (Phi) is 6.77. The molecule has 0 saturated carbocycles. The van der Waals surface area contributed by atoms with Crippen LogP contribution in [-0.4, -0.2) is 35.6 Å². The number of aliphatic hydroxyl groups excluding tert-OH is 1. The largest absolute Gasteiger partial charge is 0.395 e. The van der Waals surface area contributed by atoms with Crippen LogP contribution in [-0.2, 0) is 0 Å². The minimum atomic E-state index is 0.0183. The first kappa shape index (κ1) is 14.7. The molecule has 0 aliphatic rings. The maximum atomic E-state index is 12.1. The van der Waals surface area contributed by atoms with E-state index >= 15 is 0 Å². The fraction of sp³-hybridized carbons (Fsp3) is 0.583. The molecule has 1 N–H and O–H groups in total. The Bertz CT molecular complexity index is 354. The third-order valence-corrected chi connectivity index (χ3v) is 4.08. The van der Waals surface area contributed by atoms with Crippen LogP contribution < -0.4 is 0 Å². The Balaban J connectivity index is 2.59. The van der Waals surface area contributed by atoms with Crippen LogP contribution in [0.15, 0.2) is 15.9 Å². The van der Waals surface area contributed by atoms with Crippen molar-refractivity contribution in [2.75, 3.05) is 19.7 Å². The molecule has 1 rings (SSSR count). The molecule has 0 spiro atoms. The molecule has 0 aliphatic carbocycles. The third-order valence-electron chi connectivity index (χ3n) is 2.47. The number of unbranched alkanes of at least 4 members (excludes halogenated alkanes) is 2. The maximum Gasteiger partial charge on any atom is 0.264 e. The first-order valence-corrected chi connectivity index (χ1v) is 7.45. The van der Waals surface area contributed by atoms with E-state index in [9.17, 15) is 4.79 Å². The van der Waals surface area contributed by atoms with Gasteiger partial charge in [-0.25, -0.2) is 0 Å². The quantitative estimate of drug-likeness (QED) is 0.784. The summed E-state index contributed by atoms with van der Waals surface area (Å²) in [6.45, 7) is 3.29. The molecule has 0 aliphatic heterocycles. The van der Waals surface area contributed by atoms with E-state index in [0.717, 1.165) is 34.5 Å². The minimum absolute atomic E-state index is 0.0183. The molecule has 0 fully saturated rings. The highest BCUT2D eigenvalue weighted by Crippen LogP contribution is 2.23. The standard InChI is InChI=1S/C12H18BrNO2S/c1-2-3-4-7-14(8-9-15)12(16)10-5-6-11(13)17-10/h5-6,15H,2-4,7-9H2,1H3. The molecule has 0 bridgehead atoms. The lowest BCUT2D eigenvalue weighted by molar-refractivity contribution is 0.0723. The summed E-state index contributed by atoms with van der Waals surface area (Å²) in [5.41, 5.74) is 0. The predicted octanol–water partition coefficient (Wildman–Crippen LogP) is 3.14. The number of carbonyl (C=O) groups is 1. The topological polar surface area (TPSA) is 40.5 Å². The van der Waals surface area contributed by atoms with E-state index in [1.165, 1.54) is 11.3 Å². The molecule has 3 nitrogen and oxygen atoms in total. The molecule has 96 valence electrons. The molecular weight excluding hydrogens is 302 g/mol. The van der Waals surface area contributed by atoms with Crippen LogP contribution in [0.25, 0.3) is 0 Å². The van der Waals surface area contributed by atoms with E-state index in [0.29, 0.717) is 6.54 Å². The van der Waals surface area contributed by atoms with Gasteiger partial charge in [0.05, 0.1) is 15.3 Å². The smallest absolute Gasteiger partial charge is 0.264 e. The lowest BCUT2D eigenvalue weighted by Crippen LogP contribution is -2.34. The summed E-state index contributed by atoms with van der Waals surface area (Å²) >= 11 is 4.78. The average Bonchev–Trinajstić information content (AvgIpc) is 2.74. The summed E-state index contributed by atoms with van der Waals surface area (Å²) in [4.78, 5) is 14.6. The van der Waals surface area contributed by atoms with Crippen molar-refractivity contribution in [1.82, 2.24) is 4.90 Å². The molecule has 1 aromatic heterocycles. The van der Waals surface area contributed by atoms with Crippen molar-refractivity contribution in [3.05, 3.63) is 20.8 Å². The third kappa shape index (κ3) is 4.77. The average molecular weight is 320 g/mol. The normalized spacial score (nSPS) is 10.5. The summed E-state index contributed by atoms with van der Waals surface area (Å²) in [5, 5.41) is 8.99.